The van der Waals surface area contributed by atoms with Crippen LogP contribution in [0.2, 0.25) is 0 Å². The van der Waals surface area contributed by atoms with Gasteiger partial charge < -0.3 is 10.2 Å². The third-order valence-corrected chi connectivity index (χ3v) is 5.05. The van der Waals surface area contributed by atoms with Gasteiger partial charge >= 0.3 is 0 Å². The van der Waals surface area contributed by atoms with Gasteiger partial charge in [0.1, 0.15) is 0 Å². The summed E-state index contributed by atoms with van der Waals surface area (Å²) >= 11 is 1.91. The van der Waals surface area contributed by atoms with E-state index in [1.165, 1.54) is 9.75 Å². The minimum atomic E-state index is 0.200. The molecule has 0 bridgehead atoms. The third-order valence-electron chi connectivity index (χ3n) is 3.99. The highest BCUT2D eigenvalue weighted by Crippen LogP contribution is 2.38. The zero-order valence-corrected chi connectivity index (χ0v) is 12.8. The summed E-state index contributed by atoms with van der Waals surface area (Å²) in [6, 6.07) is 4.90. The van der Waals surface area contributed by atoms with Gasteiger partial charge in [0.05, 0.1) is 6.04 Å². The van der Waals surface area contributed by atoms with Gasteiger partial charge in [-0.05, 0) is 53.0 Å². The van der Waals surface area contributed by atoms with Gasteiger partial charge in [0, 0.05) is 15.3 Å². The molecule has 1 N–H and O–H groups in total. The highest BCUT2D eigenvalue weighted by Gasteiger charge is 2.38. The van der Waals surface area contributed by atoms with Gasteiger partial charge in [-0.2, -0.15) is 0 Å². The smallest absolute Gasteiger partial charge is 0.0599 e. The van der Waals surface area contributed by atoms with Gasteiger partial charge in [-0.1, -0.05) is 13.8 Å². The van der Waals surface area contributed by atoms with Crippen molar-refractivity contribution >= 4 is 11.3 Å². The zero-order chi connectivity index (χ0) is 13.1. The van der Waals surface area contributed by atoms with Crippen LogP contribution in [0.5, 0.6) is 0 Å². The van der Waals surface area contributed by atoms with Crippen LogP contribution in [-0.2, 0) is 0 Å². The largest absolute Gasteiger partial charge is 0.311 e. The summed E-state index contributed by atoms with van der Waals surface area (Å²) in [4.78, 5) is 5.21. The normalized spacial score (nSPS) is 14.3. The zero-order valence-electron chi connectivity index (χ0n) is 12.0. The van der Waals surface area contributed by atoms with Crippen LogP contribution in [0.15, 0.2) is 12.1 Å². The predicted octanol–water partition coefficient (Wildman–Crippen LogP) is 3.44. The second-order valence-electron chi connectivity index (χ2n) is 4.88. The van der Waals surface area contributed by atoms with Gasteiger partial charge in [-0.15, -0.1) is 11.3 Å². The summed E-state index contributed by atoms with van der Waals surface area (Å²) in [5.74, 6) is 0. The van der Waals surface area contributed by atoms with E-state index in [9.17, 15) is 0 Å². The lowest BCUT2D eigenvalue weighted by Gasteiger charge is -2.44. The average Bonchev–Trinajstić information content (AvgIpc) is 2.72. The number of nitrogens with zero attached hydrogens (tertiary/aromatic N) is 1. The minimum Gasteiger partial charge on any atom is -0.311 e. The monoisotopic (exact) mass is 254 g/mol. The van der Waals surface area contributed by atoms with Crippen molar-refractivity contribution in [2.45, 2.75) is 45.2 Å². The molecule has 98 valence electrons. The Kier molecular flexibility index (Phi) is 5.17. The van der Waals surface area contributed by atoms with E-state index in [1.54, 1.807) is 0 Å². The highest BCUT2D eigenvalue weighted by molar-refractivity contribution is 7.12. The topological polar surface area (TPSA) is 15.3 Å². The Morgan fingerprint density at radius 2 is 1.88 bits per heavy atom. The van der Waals surface area contributed by atoms with Crippen LogP contribution in [0, 0.1) is 6.92 Å². The van der Waals surface area contributed by atoms with E-state index in [-0.39, 0.29) is 5.54 Å². The van der Waals surface area contributed by atoms with Crippen molar-refractivity contribution in [3.63, 3.8) is 0 Å². The molecule has 0 amide bonds. The maximum Gasteiger partial charge on any atom is 0.0599 e. The Balaban J connectivity index is 3.13. The second kappa shape index (κ2) is 5.98. The van der Waals surface area contributed by atoms with Crippen LogP contribution in [0.25, 0.3) is 0 Å². The molecule has 1 aromatic rings. The summed E-state index contributed by atoms with van der Waals surface area (Å²) in [5, 5.41) is 3.52. The van der Waals surface area contributed by atoms with Gasteiger partial charge in [0.15, 0.2) is 0 Å². The Morgan fingerprint density at radius 3 is 2.18 bits per heavy atom. The van der Waals surface area contributed by atoms with E-state index in [1.807, 2.05) is 11.3 Å². The van der Waals surface area contributed by atoms with E-state index < -0.39 is 0 Å². The van der Waals surface area contributed by atoms with E-state index in [0.29, 0.717) is 6.04 Å². The summed E-state index contributed by atoms with van der Waals surface area (Å²) in [7, 11) is 6.46. The first-order valence-corrected chi connectivity index (χ1v) is 7.24. The number of thiophene rings is 1. The average molecular weight is 254 g/mol. The molecule has 0 saturated heterocycles. The van der Waals surface area contributed by atoms with Gasteiger partial charge in [0.25, 0.3) is 0 Å². The SMILES string of the molecule is CCC(CC)(C(NC)c1ccc(C)s1)N(C)C. The fourth-order valence-corrected chi connectivity index (χ4v) is 3.93. The first-order chi connectivity index (χ1) is 8.01. The summed E-state index contributed by atoms with van der Waals surface area (Å²) in [6.07, 6.45) is 2.30. The molecule has 0 aromatic carbocycles. The van der Waals surface area contributed by atoms with Crippen molar-refractivity contribution in [3.8, 4) is 0 Å². The minimum absolute atomic E-state index is 0.200. The maximum absolute atomic E-state index is 3.52. The van der Waals surface area contributed by atoms with Crippen molar-refractivity contribution < 1.29 is 0 Å². The molecule has 0 aliphatic carbocycles. The van der Waals surface area contributed by atoms with E-state index in [0.717, 1.165) is 12.8 Å². The van der Waals surface area contributed by atoms with Crippen molar-refractivity contribution in [2.24, 2.45) is 0 Å². The van der Waals surface area contributed by atoms with Crippen LogP contribution in [0.3, 0.4) is 0 Å². The van der Waals surface area contributed by atoms with Crippen LogP contribution < -0.4 is 5.32 Å². The van der Waals surface area contributed by atoms with Crippen molar-refractivity contribution in [1.82, 2.24) is 10.2 Å². The number of rotatable bonds is 6. The van der Waals surface area contributed by atoms with Gasteiger partial charge in [0.2, 0.25) is 0 Å². The molecule has 1 heterocycles. The quantitative estimate of drug-likeness (QED) is 0.836. The van der Waals surface area contributed by atoms with E-state index in [4.69, 9.17) is 0 Å². The molecule has 0 saturated carbocycles. The van der Waals surface area contributed by atoms with E-state index >= 15 is 0 Å². The molecule has 0 aliphatic rings. The second-order valence-corrected chi connectivity index (χ2v) is 6.19. The molecular formula is C14H26N2S. The number of hydrogen-bond donors (Lipinski definition) is 1. The molecule has 17 heavy (non-hydrogen) atoms. The third kappa shape index (κ3) is 2.72. The van der Waals surface area contributed by atoms with Gasteiger partial charge in [-0.25, -0.2) is 0 Å². The molecule has 0 radical (unpaired) electrons. The van der Waals surface area contributed by atoms with Crippen LogP contribution >= 0.6 is 11.3 Å². The first-order valence-electron chi connectivity index (χ1n) is 6.42. The molecular weight excluding hydrogens is 228 g/mol. The number of hydrogen-bond acceptors (Lipinski definition) is 3. The lowest BCUT2D eigenvalue weighted by Crippen LogP contribution is -2.52. The number of aryl methyl sites for hydroxylation is 1. The Hall–Kier alpha value is -0.380. The number of likely N-dealkylation sites (N-methyl/N-ethyl adjacent to an activating group) is 2. The van der Waals surface area contributed by atoms with Crippen LogP contribution in [-0.4, -0.2) is 31.6 Å². The standard InChI is InChI=1S/C14H26N2S/c1-7-14(8-2,16(5)6)13(15-4)12-10-9-11(3)17-12/h9-10,13,15H,7-8H2,1-6H3. The van der Waals surface area contributed by atoms with Gasteiger partial charge in [-0.3, -0.25) is 0 Å². The van der Waals surface area contributed by atoms with Crippen LogP contribution in [0.1, 0.15) is 42.5 Å². The Bertz CT molecular complexity index is 340. The summed E-state index contributed by atoms with van der Waals surface area (Å²) < 4.78 is 0. The fourth-order valence-electron chi connectivity index (χ4n) is 2.83. The maximum atomic E-state index is 3.52. The molecule has 2 nitrogen and oxygen atoms in total. The lowest BCUT2D eigenvalue weighted by atomic mass is 9.82. The molecule has 3 heteroatoms. The molecule has 1 aromatic heterocycles. The molecule has 1 rings (SSSR count). The van der Waals surface area contributed by atoms with Crippen LogP contribution in [0.4, 0.5) is 0 Å². The fraction of sp³-hybridized carbons (Fsp3) is 0.714. The Morgan fingerprint density at radius 1 is 1.29 bits per heavy atom. The molecule has 1 atom stereocenters. The highest BCUT2D eigenvalue weighted by atomic mass is 32.1. The predicted molar refractivity (Wildman–Crippen MR) is 77.9 cm³/mol. The van der Waals surface area contributed by atoms with Crippen molar-refractivity contribution in [1.29, 1.82) is 0 Å². The summed E-state index contributed by atoms with van der Waals surface area (Å²) in [6.45, 7) is 6.75. The first kappa shape index (κ1) is 14.7. The Labute approximate surface area is 110 Å². The number of nitrogens with one attached hydrogen (secondary N) is 1. The van der Waals surface area contributed by atoms with Crippen molar-refractivity contribution in [3.05, 3.63) is 21.9 Å². The lowest BCUT2D eigenvalue weighted by molar-refractivity contribution is 0.0933. The summed E-state index contributed by atoms with van der Waals surface area (Å²) in [5.41, 5.74) is 0.200. The molecule has 1 unspecified atom stereocenters. The molecule has 0 fully saturated rings. The van der Waals surface area contributed by atoms with Crippen molar-refractivity contribution in [2.75, 3.05) is 21.1 Å². The molecule has 0 aliphatic heterocycles. The molecule has 0 spiro atoms. The van der Waals surface area contributed by atoms with E-state index in [2.05, 4.69) is 64.3 Å².